The molecule has 1 rings (SSSR count). The Kier molecular flexibility index (Phi) is 10.1. The first-order chi connectivity index (χ1) is 11.1. The molecule has 0 unspecified atom stereocenters. The number of carbonyl (C=O) groups excluding carboxylic acids is 2. The van der Waals surface area contributed by atoms with Crippen LogP contribution in [0.4, 0.5) is 0 Å². The van der Waals surface area contributed by atoms with E-state index in [0.717, 1.165) is 31.2 Å². The maximum atomic E-state index is 11.5. The standard InChI is InChI=1S/C17H23ClO5/c1-2-3-4-5-10-22-16(19)12-21-13-17(20)23-11-14-6-8-15(18)9-7-14/h6-9H,2-5,10-13H2,1H3. The Morgan fingerprint density at radius 2 is 1.61 bits per heavy atom. The van der Waals surface area contributed by atoms with Crippen LogP contribution in [0.15, 0.2) is 24.3 Å². The molecule has 0 fully saturated rings. The summed E-state index contributed by atoms with van der Waals surface area (Å²) < 4.78 is 15.0. The first kappa shape index (κ1) is 19.5. The Hall–Kier alpha value is -1.59. The van der Waals surface area contributed by atoms with E-state index in [0.29, 0.717) is 11.6 Å². The molecule has 0 N–H and O–H groups in total. The van der Waals surface area contributed by atoms with Crippen LogP contribution in [-0.2, 0) is 30.4 Å². The minimum absolute atomic E-state index is 0.140. The highest BCUT2D eigenvalue weighted by Gasteiger charge is 2.07. The van der Waals surface area contributed by atoms with E-state index in [1.165, 1.54) is 0 Å². The van der Waals surface area contributed by atoms with Gasteiger partial charge in [-0.05, 0) is 24.1 Å². The fourth-order valence-corrected chi connectivity index (χ4v) is 1.89. The number of rotatable bonds is 11. The van der Waals surface area contributed by atoms with Gasteiger partial charge in [0.15, 0.2) is 0 Å². The summed E-state index contributed by atoms with van der Waals surface area (Å²) >= 11 is 5.76. The zero-order valence-corrected chi connectivity index (χ0v) is 14.1. The van der Waals surface area contributed by atoms with Gasteiger partial charge >= 0.3 is 11.9 Å². The largest absolute Gasteiger partial charge is 0.464 e. The number of benzene rings is 1. The summed E-state index contributed by atoms with van der Waals surface area (Å²) in [5.74, 6) is -0.998. The van der Waals surface area contributed by atoms with Crippen molar-refractivity contribution in [3.8, 4) is 0 Å². The summed E-state index contributed by atoms with van der Waals surface area (Å²) in [6.07, 6.45) is 4.16. The summed E-state index contributed by atoms with van der Waals surface area (Å²) in [6, 6.07) is 6.98. The van der Waals surface area contributed by atoms with Crippen LogP contribution in [0, 0.1) is 0 Å². The molecule has 23 heavy (non-hydrogen) atoms. The van der Waals surface area contributed by atoms with Gasteiger partial charge in [-0.2, -0.15) is 0 Å². The molecule has 0 saturated carbocycles. The minimum atomic E-state index is -0.532. The molecule has 0 aliphatic carbocycles. The van der Waals surface area contributed by atoms with Crippen molar-refractivity contribution in [3.63, 3.8) is 0 Å². The molecule has 0 aliphatic rings. The van der Waals surface area contributed by atoms with Crippen LogP contribution in [0.2, 0.25) is 5.02 Å². The lowest BCUT2D eigenvalue weighted by Crippen LogP contribution is -2.18. The van der Waals surface area contributed by atoms with Gasteiger partial charge in [0, 0.05) is 5.02 Å². The molecule has 0 radical (unpaired) electrons. The van der Waals surface area contributed by atoms with Gasteiger partial charge in [0.05, 0.1) is 6.61 Å². The highest BCUT2D eigenvalue weighted by Crippen LogP contribution is 2.10. The molecule has 0 aliphatic heterocycles. The molecule has 1 aromatic carbocycles. The highest BCUT2D eigenvalue weighted by molar-refractivity contribution is 6.30. The van der Waals surface area contributed by atoms with Crippen molar-refractivity contribution in [1.82, 2.24) is 0 Å². The van der Waals surface area contributed by atoms with E-state index >= 15 is 0 Å². The number of carbonyl (C=O) groups is 2. The molecule has 0 heterocycles. The van der Waals surface area contributed by atoms with Gasteiger partial charge in [0.1, 0.15) is 19.8 Å². The summed E-state index contributed by atoms with van der Waals surface area (Å²) in [5.41, 5.74) is 0.828. The van der Waals surface area contributed by atoms with E-state index in [-0.39, 0.29) is 19.8 Å². The van der Waals surface area contributed by atoms with Crippen molar-refractivity contribution >= 4 is 23.5 Å². The van der Waals surface area contributed by atoms with E-state index in [4.69, 9.17) is 25.8 Å². The van der Waals surface area contributed by atoms with Gasteiger partial charge < -0.3 is 14.2 Å². The van der Waals surface area contributed by atoms with Gasteiger partial charge in [0.25, 0.3) is 0 Å². The summed E-state index contributed by atoms with van der Waals surface area (Å²) in [7, 11) is 0. The van der Waals surface area contributed by atoms with E-state index < -0.39 is 11.9 Å². The van der Waals surface area contributed by atoms with Crippen LogP contribution in [0.5, 0.6) is 0 Å². The number of esters is 2. The predicted molar refractivity (Wildman–Crippen MR) is 87.2 cm³/mol. The SMILES string of the molecule is CCCCCCOC(=O)COCC(=O)OCc1ccc(Cl)cc1. The molecule has 0 aromatic heterocycles. The Labute approximate surface area is 141 Å². The van der Waals surface area contributed by atoms with E-state index in [9.17, 15) is 9.59 Å². The minimum Gasteiger partial charge on any atom is -0.464 e. The molecule has 5 nitrogen and oxygen atoms in total. The van der Waals surface area contributed by atoms with Gasteiger partial charge in [-0.3, -0.25) is 0 Å². The fraction of sp³-hybridized carbons (Fsp3) is 0.529. The molecule has 0 amide bonds. The normalized spacial score (nSPS) is 10.3. The molecule has 6 heteroatoms. The van der Waals surface area contributed by atoms with Crippen molar-refractivity contribution in [1.29, 1.82) is 0 Å². The second-order valence-corrected chi connectivity index (χ2v) is 5.50. The number of hydrogen-bond acceptors (Lipinski definition) is 5. The lowest BCUT2D eigenvalue weighted by molar-refractivity contribution is -0.156. The molecule has 0 saturated heterocycles. The van der Waals surface area contributed by atoms with Crippen LogP contribution in [0.25, 0.3) is 0 Å². The number of unbranched alkanes of at least 4 members (excludes halogenated alkanes) is 3. The van der Waals surface area contributed by atoms with Crippen LogP contribution in [0.1, 0.15) is 38.2 Å². The predicted octanol–water partition coefficient (Wildman–Crippen LogP) is 3.52. The quantitative estimate of drug-likeness (QED) is 0.455. The van der Waals surface area contributed by atoms with Crippen LogP contribution < -0.4 is 0 Å². The van der Waals surface area contributed by atoms with Crippen molar-refractivity contribution in [2.24, 2.45) is 0 Å². The summed E-state index contributed by atoms with van der Waals surface area (Å²) in [4.78, 5) is 22.8. The third-order valence-electron chi connectivity index (χ3n) is 3.01. The first-order valence-corrected chi connectivity index (χ1v) is 8.13. The van der Waals surface area contributed by atoms with Crippen molar-refractivity contribution in [2.75, 3.05) is 19.8 Å². The molecular formula is C17H23ClO5. The Morgan fingerprint density at radius 1 is 0.957 bits per heavy atom. The number of halogens is 1. The summed E-state index contributed by atoms with van der Waals surface area (Å²) in [6.45, 7) is 2.12. The molecule has 0 atom stereocenters. The lowest BCUT2D eigenvalue weighted by Gasteiger charge is -2.07. The molecular weight excluding hydrogens is 320 g/mol. The van der Waals surface area contributed by atoms with Crippen LogP contribution in [0.3, 0.4) is 0 Å². The van der Waals surface area contributed by atoms with Crippen molar-refractivity contribution in [2.45, 2.75) is 39.2 Å². The number of ether oxygens (including phenoxy) is 3. The zero-order chi connectivity index (χ0) is 16.9. The Balaban J connectivity index is 2.04. The second-order valence-electron chi connectivity index (χ2n) is 5.06. The third kappa shape index (κ3) is 9.92. The lowest BCUT2D eigenvalue weighted by atomic mass is 10.2. The number of hydrogen-bond donors (Lipinski definition) is 0. The topological polar surface area (TPSA) is 61.8 Å². The average Bonchev–Trinajstić information content (AvgIpc) is 2.54. The second kappa shape index (κ2) is 11.9. The van der Waals surface area contributed by atoms with Crippen molar-refractivity contribution < 1.29 is 23.8 Å². The van der Waals surface area contributed by atoms with E-state index in [1.54, 1.807) is 24.3 Å². The maximum absolute atomic E-state index is 11.5. The first-order valence-electron chi connectivity index (χ1n) is 7.75. The van der Waals surface area contributed by atoms with Crippen LogP contribution >= 0.6 is 11.6 Å². The average molecular weight is 343 g/mol. The smallest absolute Gasteiger partial charge is 0.332 e. The van der Waals surface area contributed by atoms with Crippen molar-refractivity contribution in [3.05, 3.63) is 34.9 Å². The van der Waals surface area contributed by atoms with E-state index in [1.807, 2.05) is 0 Å². The Bertz CT molecular complexity index is 472. The summed E-state index contributed by atoms with van der Waals surface area (Å²) in [5, 5.41) is 0.622. The molecule has 0 spiro atoms. The van der Waals surface area contributed by atoms with Gasteiger partial charge in [-0.1, -0.05) is 49.9 Å². The monoisotopic (exact) mass is 342 g/mol. The fourth-order valence-electron chi connectivity index (χ4n) is 1.76. The third-order valence-corrected chi connectivity index (χ3v) is 3.27. The van der Waals surface area contributed by atoms with E-state index in [2.05, 4.69) is 6.92 Å². The van der Waals surface area contributed by atoms with Gasteiger partial charge in [-0.25, -0.2) is 9.59 Å². The van der Waals surface area contributed by atoms with Gasteiger partial charge in [0.2, 0.25) is 0 Å². The highest BCUT2D eigenvalue weighted by atomic mass is 35.5. The van der Waals surface area contributed by atoms with Gasteiger partial charge in [-0.15, -0.1) is 0 Å². The molecule has 0 bridgehead atoms. The zero-order valence-electron chi connectivity index (χ0n) is 13.4. The molecule has 1 aromatic rings. The maximum Gasteiger partial charge on any atom is 0.332 e. The Morgan fingerprint density at radius 3 is 2.26 bits per heavy atom. The van der Waals surface area contributed by atoms with Crippen LogP contribution in [-0.4, -0.2) is 31.8 Å². The molecule has 128 valence electrons.